The summed E-state index contributed by atoms with van der Waals surface area (Å²) in [7, 11) is 0. The molecule has 0 fully saturated rings. The average Bonchev–Trinajstić information content (AvgIpc) is 2.48. The molecule has 100 valence electrons. The lowest BCUT2D eigenvalue weighted by atomic mass is 9.89. The van der Waals surface area contributed by atoms with Crippen LogP contribution in [0.5, 0.6) is 0 Å². The maximum atomic E-state index is 10.9. The molecule has 19 heavy (non-hydrogen) atoms. The zero-order valence-corrected chi connectivity index (χ0v) is 12.8. The summed E-state index contributed by atoms with van der Waals surface area (Å²) in [5.74, 6) is -0.910. The van der Waals surface area contributed by atoms with Crippen LogP contribution >= 0.6 is 22.6 Å². The first-order valence-electron chi connectivity index (χ1n) is 5.82. The topological polar surface area (TPSA) is 50.2 Å². The van der Waals surface area contributed by atoms with Crippen LogP contribution in [0.2, 0.25) is 0 Å². The van der Waals surface area contributed by atoms with Gasteiger partial charge in [0.25, 0.3) is 0 Å². The quantitative estimate of drug-likeness (QED) is 0.660. The van der Waals surface area contributed by atoms with Gasteiger partial charge in [0, 0.05) is 18.3 Å². The molecule has 0 aliphatic rings. The number of aromatic nitrogens is 1. The second kappa shape index (κ2) is 8.63. The Balaban J connectivity index is 0.000000861. The molecule has 0 aliphatic carbocycles. The van der Waals surface area contributed by atoms with Crippen LogP contribution in [0, 0.1) is 0 Å². The molecule has 1 heterocycles. The number of carboxylic acid groups (broad SMARTS) is 1. The van der Waals surface area contributed by atoms with E-state index in [1.165, 1.54) is 0 Å². The first-order valence-corrected chi connectivity index (χ1v) is 7.97. The van der Waals surface area contributed by atoms with Crippen molar-refractivity contribution in [1.29, 1.82) is 0 Å². The molecule has 2 aromatic rings. The van der Waals surface area contributed by atoms with E-state index in [1.54, 1.807) is 12.4 Å². The van der Waals surface area contributed by atoms with Crippen LogP contribution in [0.1, 0.15) is 23.5 Å². The summed E-state index contributed by atoms with van der Waals surface area (Å²) < 4.78 is 0. The van der Waals surface area contributed by atoms with Crippen molar-refractivity contribution in [3.63, 3.8) is 0 Å². The number of carbonyl (C=O) groups is 1. The number of nitrogens with zero attached hydrogens (tertiary/aromatic N) is 1. The monoisotopic (exact) mass is 369 g/mol. The molecule has 1 aromatic carbocycles. The molecular formula is C15H16INO2. The second-order valence-electron chi connectivity index (χ2n) is 3.84. The number of benzene rings is 1. The van der Waals surface area contributed by atoms with E-state index in [4.69, 9.17) is 5.11 Å². The van der Waals surface area contributed by atoms with Crippen LogP contribution < -0.4 is 0 Å². The van der Waals surface area contributed by atoms with Gasteiger partial charge in [0.1, 0.15) is 0 Å². The Bertz CT molecular complexity index is 449. The second-order valence-corrected chi connectivity index (χ2v) is 3.84. The number of carboxylic acids is 1. The van der Waals surface area contributed by atoms with Crippen molar-refractivity contribution in [2.75, 3.05) is 4.93 Å². The third-order valence-electron chi connectivity index (χ3n) is 2.69. The number of rotatable bonds is 4. The molecule has 2 rings (SSSR count). The Labute approximate surface area is 126 Å². The summed E-state index contributed by atoms with van der Waals surface area (Å²) in [6, 6.07) is 13.4. The Morgan fingerprint density at radius 1 is 1.11 bits per heavy atom. The van der Waals surface area contributed by atoms with Crippen LogP contribution in [0.15, 0.2) is 54.9 Å². The minimum atomic E-state index is -0.796. The van der Waals surface area contributed by atoms with Gasteiger partial charge in [-0.15, -0.1) is 0 Å². The van der Waals surface area contributed by atoms with Gasteiger partial charge in [0.05, 0.1) is 6.42 Å². The van der Waals surface area contributed by atoms with Gasteiger partial charge in [-0.2, -0.15) is 0 Å². The van der Waals surface area contributed by atoms with Crippen molar-refractivity contribution in [3.8, 4) is 0 Å². The highest BCUT2D eigenvalue weighted by molar-refractivity contribution is 14.1. The fraction of sp³-hybridized carbons (Fsp3) is 0.200. The van der Waals surface area contributed by atoms with Crippen LogP contribution in [0.4, 0.5) is 0 Å². The summed E-state index contributed by atoms with van der Waals surface area (Å²) in [6.45, 7) is 0. The van der Waals surface area contributed by atoms with Crippen LogP contribution in [0.3, 0.4) is 0 Å². The first kappa shape index (κ1) is 15.6. The molecule has 4 heteroatoms. The van der Waals surface area contributed by atoms with Crippen LogP contribution in [-0.4, -0.2) is 21.0 Å². The summed E-state index contributed by atoms with van der Waals surface area (Å²) in [4.78, 5) is 16.9. The van der Waals surface area contributed by atoms with Gasteiger partial charge in [-0.05, 0) is 28.2 Å². The number of alkyl halides is 1. The fourth-order valence-electron chi connectivity index (χ4n) is 1.88. The van der Waals surface area contributed by atoms with Crippen molar-refractivity contribution >= 4 is 28.6 Å². The zero-order valence-electron chi connectivity index (χ0n) is 10.7. The summed E-state index contributed by atoms with van der Waals surface area (Å²) in [5, 5.41) is 8.99. The summed E-state index contributed by atoms with van der Waals surface area (Å²) in [5.41, 5.74) is 2.00. The average molecular weight is 369 g/mol. The number of hydrogen-bond donors (Lipinski definition) is 1. The van der Waals surface area contributed by atoms with Gasteiger partial charge >= 0.3 is 5.97 Å². The Kier molecular flexibility index (Phi) is 7.10. The summed E-state index contributed by atoms with van der Waals surface area (Å²) >= 11 is 2.15. The highest BCUT2D eigenvalue weighted by Crippen LogP contribution is 2.27. The lowest BCUT2D eigenvalue weighted by Gasteiger charge is -2.15. The normalized spacial score (nSPS) is 11.1. The highest BCUT2D eigenvalue weighted by Gasteiger charge is 2.17. The van der Waals surface area contributed by atoms with E-state index < -0.39 is 5.97 Å². The standard InChI is InChI=1S/C14H13NO2.CH3I/c16-14(17)10-13(11-4-2-1-3-5-11)12-6-8-15-9-7-12;1-2/h1-9,13H,10H2,(H,16,17);1H3. The fourth-order valence-corrected chi connectivity index (χ4v) is 1.88. The lowest BCUT2D eigenvalue weighted by Crippen LogP contribution is -2.07. The maximum absolute atomic E-state index is 10.9. The smallest absolute Gasteiger partial charge is 0.304 e. The Morgan fingerprint density at radius 2 is 1.63 bits per heavy atom. The SMILES string of the molecule is CI.O=C(O)CC(c1ccccc1)c1ccncc1. The highest BCUT2D eigenvalue weighted by atomic mass is 127. The Morgan fingerprint density at radius 3 is 2.16 bits per heavy atom. The van der Waals surface area contributed by atoms with E-state index in [0.717, 1.165) is 11.1 Å². The first-order chi connectivity index (χ1) is 9.27. The van der Waals surface area contributed by atoms with E-state index in [9.17, 15) is 4.79 Å². The zero-order chi connectivity index (χ0) is 14.1. The molecule has 1 aromatic heterocycles. The molecule has 1 atom stereocenters. The van der Waals surface area contributed by atoms with E-state index in [0.29, 0.717) is 0 Å². The van der Waals surface area contributed by atoms with Crippen molar-refractivity contribution in [3.05, 3.63) is 66.0 Å². The number of aliphatic carboxylic acids is 1. The maximum Gasteiger partial charge on any atom is 0.304 e. The van der Waals surface area contributed by atoms with Gasteiger partial charge in [0.15, 0.2) is 0 Å². The summed E-state index contributed by atoms with van der Waals surface area (Å²) in [6.07, 6.45) is 3.47. The molecule has 0 spiro atoms. The van der Waals surface area contributed by atoms with Crippen molar-refractivity contribution in [2.24, 2.45) is 0 Å². The predicted octanol–water partition coefficient (Wildman–Crippen LogP) is 3.74. The molecule has 1 unspecified atom stereocenters. The molecule has 1 N–H and O–H groups in total. The van der Waals surface area contributed by atoms with Gasteiger partial charge in [-0.1, -0.05) is 52.9 Å². The number of halogens is 1. The molecule has 3 nitrogen and oxygen atoms in total. The molecule has 0 saturated carbocycles. The number of hydrogen-bond acceptors (Lipinski definition) is 2. The minimum Gasteiger partial charge on any atom is -0.481 e. The van der Waals surface area contributed by atoms with Crippen LogP contribution in [0.25, 0.3) is 0 Å². The largest absolute Gasteiger partial charge is 0.481 e. The minimum absolute atomic E-state index is 0.0913. The third-order valence-corrected chi connectivity index (χ3v) is 2.69. The molecule has 0 bridgehead atoms. The van der Waals surface area contributed by atoms with E-state index in [2.05, 4.69) is 27.6 Å². The predicted molar refractivity (Wildman–Crippen MR) is 84.7 cm³/mol. The van der Waals surface area contributed by atoms with Gasteiger partial charge in [-0.25, -0.2) is 0 Å². The van der Waals surface area contributed by atoms with E-state index in [1.807, 2.05) is 47.4 Å². The van der Waals surface area contributed by atoms with Gasteiger partial charge in [-0.3, -0.25) is 9.78 Å². The van der Waals surface area contributed by atoms with Crippen LogP contribution in [-0.2, 0) is 4.79 Å². The van der Waals surface area contributed by atoms with E-state index >= 15 is 0 Å². The van der Waals surface area contributed by atoms with Gasteiger partial charge < -0.3 is 5.11 Å². The third kappa shape index (κ3) is 4.98. The van der Waals surface area contributed by atoms with Gasteiger partial charge in [0.2, 0.25) is 0 Å². The molecule has 0 radical (unpaired) electrons. The van der Waals surface area contributed by atoms with Crippen molar-refractivity contribution in [2.45, 2.75) is 12.3 Å². The molecule has 0 saturated heterocycles. The van der Waals surface area contributed by atoms with Crippen molar-refractivity contribution in [1.82, 2.24) is 4.98 Å². The molecular weight excluding hydrogens is 353 g/mol. The van der Waals surface area contributed by atoms with E-state index in [-0.39, 0.29) is 12.3 Å². The lowest BCUT2D eigenvalue weighted by molar-refractivity contribution is -0.137. The molecule has 0 amide bonds. The number of pyridine rings is 1. The Hall–Kier alpha value is -1.43. The molecule has 0 aliphatic heterocycles. The van der Waals surface area contributed by atoms with Crippen molar-refractivity contribution < 1.29 is 9.90 Å².